The van der Waals surface area contributed by atoms with Gasteiger partial charge in [0.25, 0.3) is 0 Å². The zero-order valence-corrected chi connectivity index (χ0v) is 56.8. The van der Waals surface area contributed by atoms with Crippen molar-refractivity contribution in [2.45, 2.75) is 199 Å². The zero-order chi connectivity index (χ0) is 51.7. The van der Waals surface area contributed by atoms with E-state index in [0.29, 0.717) is 51.4 Å². The van der Waals surface area contributed by atoms with E-state index in [1.165, 1.54) is 0 Å². The molecule has 4 fully saturated rings. The quantitative estimate of drug-likeness (QED) is 0.0288. The van der Waals surface area contributed by atoms with Gasteiger partial charge in [-0.1, -0.05) is 55.4 Å². The van der Waals surface area contributed by atoms with Gasteiger partial charge in [-0.25, -0.2) is 9.13 Å². The molecule has 5 aliphatic rings. The summed E-state index contributed by atoms with van der Waals surface area (Å²) in [7, 11) is 0. The molecule has 5 heterocycles. The number of Topliss-reactive ketones (excluding diaryl/α,β-unsaturated/α-hetero) is 1. The average molecular weight is 1150 g/mol. The second kappa shape index (κ2) is 30.2. The fraction of sp³-hybridized carbons (Fsp3) is 0.870. The van der Waals surface area contributed by atoms with Gasteiger partial charge >= 0.3 is 150 Å². The van der Waals surface area contributed by atoms with E-state index in [2.05, 4.69) is 0 Å². The number of hydrogen-bond donors (Lipinski definition) is 6. The van der Waals surface area contributed by atoms with E-state index < -0.39 is 132 Å². The largest absolute Gasteiger partial charge is 1.00 e. The molecular weight excluding hydrogens is 1070 g/mol. The SMILES string of the molecule is CCC(C(=O)[C@H](C)[C@H](OC(=O)CSP(=O)(O)O)[C@@H](C)[C@H]1OC([C@H](CC)C(=O)O)CC[C@H]1C)[C@H]1O[C@@]2(C=C[C@@H](OC(=O)CSP(=O)(O)O)[C@@]3(CC[C@@](C)([C@H]4CC[C@](O)(CC)[C@H](C)O4)O3)O2)[C@H](C)C[C@@H]1C.[Na+].[Na+].[Na+].[Na+]. The number of aliphatic carboxylic acids is 1. The number of carboxylic acids is 1. The van der Waals surface area contributed by atoms with Gasteiger partial charge in [-0.15, -0.1) is 0 Å². The summed E-state index contributed by atoms with van der Waals surface area (Å²) in [6, 6.07) is 0. The maximum Gasteiger partial charge on any atom is 1.00 e. The van der Waals surface area contributed by atoms with Crippen LogP contribution in [0.5, 0.6) is 0 Å². The number of carbonyl (C=O) groups excluding carboxylic acids is 3. The monoisotopic (exact) mass is 1150 g/mol. The first-order valence-corrected chi connectivity index (χ1v) is 30.7. The molecule has 0 saturated carbocycles. The molecular formula is C46H76Na4O19P2S2+4. The molecule has 0 aliphatic carbocycles. The normalized spacial score (nSPS) is 36.4. The van der Waals surface area contributed by atoms with Crippen molar-refractivity contribution in [3.05, 3.63) is 12.2 Å². The summed E-state index contributed by atoms with van der Waals surface area (Å²) >= 11 is 0.252. The van der Waals surface area contributed by atoms with E-state index in [1.54, 1.807) is 32.9 Å². The molecule has 0 aromatic carbocycles. The Hall–Kier alpha value is 2.58. The van der Waals surface area contributed by atoms with Gasteiger partial charge in [0, 0.05) is 24.2 Å². The number of rotatable bonds is 20. The van der Waals surface area contributed by atoms with Crippen LogP contribution in [0, 0.1) is 41.4 Å². The van der Waals surface area contributed by atoms with Gasteiger partial charge in [-0.2, -0.15) is 0 Å². The molecule has 0 bridgehead atoms. The molecule has 6 N–H and O–H groups in total. The summed E-state index contributed by atoms with van der Waals surface area (Å²) < 4.78 is 69.4. The van der Waals surface area contributed by atoms with Crippen LogP contribution in [0.3, 0.4) is 0 Å². The van der Waals surface area contributed by atoms with Gasteiger partial charge in [0.1, 0.15) is 23.4 Å². The topological polar surface area (TPSA) is 288 Å². The van der Waals surface area contributed by atoms with Crippen molar-refractivity contribution in [1.82, 2.24) is 0 Å². The molecule has 18 atom stereocenters. The average Bonchev–Trinajstić information content (AvgIpc) is 3.61. The Balaban J connectivity index is 0.00000666. The summed E-state index contributed by atoms with van der Waals surface area (Å²) in [5, 5.41) is 21.2. The van der Waals surface area contributed by atoms with Crippen LogP contribution in [0.1, 0.15) is 133 Å². The summed E-state index contributed by atoms with van der Waals surface area (Å²) in [6.07, 6.45) is 1.98. The van der Waals surface area contributed by atoms with Crippen LogP contribution in [0.25, 0.3) is 0 Å². The second-order valence-electron chi connectivity index (χ2n) is 20.4. The number of ether oxygens (including phenoxy) is 7. The fourth-order valence-electron chi connectivity index (χ4n) is 11.4. The third-order valence-corrected chi connectivity index (χ3v) is 19.8. The summed E-state index contributed by atoms with van der Waals surface area (Å²) in [5.41, 5.74) is -2.04. The molecule has 2 spiro atoms. The van der Waals surface area contributed by atoms with Crippen LogP contribution in [0.15, 0.2) is 12.2 Å². The molecule has 0 aromatic rings. The molecule has 5 rings (SSSR count). The predicted octanol–water partition coefficient (Wildman–Crippen LogP) is -5.04. The maximum atomic E-state index is 15.1. The Labute approximate surface area is 527 Å². The van der Waals surface area contributed by atoms with Crippen molar-refractivity contribution in [2.75, 3.05) is 11.5 Å². The van der Waals surface area contributed by atoms with Gasteiger partial charge in [-0.3, -0.25) is 19.2 Å². The molecule has 396 valence electrons. The van der Waals surface area contributed by atoms with E-state index in [1.807, 2.05) is 48.5 Å². The maximum absolute atomic E-state index is 15.1. The molecule has 0 aromatic heterocycles. The number of aliphatic hydroxyl groups is 1. The second-order valence-corrected chi connectivity index (χ2v) is 27.8. The Kier molecular flexibility index (Phi) is 30.5. The van der Waals surface area contributed by atoms with Crippen LogP contribution in [0.2, 0.25) is 0 Å². The molecule has 0 radical (unpaired) electrons. The zero-order valence-electron chi connectivity index (χ0n) is 45.4. The predicted molar refractivity (Wildman–Crippen MR) is 255 cm³/mol. The summed E-state index contributed by atoms with van der Waals surface area (Å²) in [4.78, 5) is 91.9. The Morgan fingerprint density at radius 3 is 1.90 bits per heavy atom. The standard InChI is InChI=1S/C46H76O19P2S2.4Na/c1-11-31(42(50)51)33-15-14-25(4)39(60-33)29(8)41(62-37(48)24-69-67(56,57)58)28(7)38(49)32(12-2)40-26(5)22-27(6)45(63-40)19-17-35(61-36(47)23-68-66(53,54)55)46(65-45)21-20-43(10,64-46)34-16-18-44(52,13-3)30(9)59-34;;;;/h17,19,25-35,39-41,52H,11-16,18,20-24H2,1-10H3,(H,50,51)(H2,53,54,55)(H2,56,57,58);;;;/q;4*+1/t25-,26+,27-,28+,29+,30+,31+,32?,33?,34-,35-,39+,40+,41+,43+,44-,45-,46-;;;;/m1..../s1. The first-order valence-electron chi connectivity index (χ1n) is 24.3. The Bertz CT molecular complexity index is 1990. The molecule has 19 nitrogen and oxygen atoms in total. The minimum absolute atomic E-state index is 0. The Morgan fingerprint density at radius 2 is 1.37 bits per heavy atom. The molecule has 27 heteroatoms. The van der Waals surface area contributed by atoms with E-state index in [0.717, 1.165) is 0 Å². The number of carboxylic acid groups (broad SMARTS) is 1. The Morgan fingerprint density at radius 1 is 0.781 bits per heavy atom. The third kappa shape index (κ3) is 18.3. The van der Waals surface area contributed by atoms with Crippen LogP contribution in [0.4, 0.5) is 0 Å². The molecule has 4 saturated heterocycles. The third-order valence-electron chi connectivity index (χ3n) is 15.6. The van der Waals surface area contributed by atoms with E-state index in [9.17, 15) is 53.3 Å². The van der Waals surface area contributed by atoms with Crippen LogP contribution >= 0.6 is 36.4 Å². The van der Waals surface area contributed by atoms with Gasteiger partial charge in [0.2, 0.25) is 5.79 Å². The minimum Gasteiger partial charge on any atom is -0.481 e. The van der Waals surface area contributed by atoms with Crippen LogP contribution in [-0.2, 0) is 61.5 Å². The molecule has 0 amide bonds. The van der Waals surface area contributed by atoms with Crippen molar-refractivity contribution in [1.29, 1.82) is 0 Å². The van der Waals surface area contributed by atoms with Crippen molar-refractivity contribution in [3.8, 4) is 0 Å². The van der Waals surface area contributed by atoms with Crippen molar-refractivity contribution >= 4 is 60.0 Å². The summed E-state index contributed by atoms with van der Waals surface area (Å²) in [5.74, 6) is -11.7. The molecule has 2 unspecified atom stereocenters. The number of ketones is 1. The number of carbonyl (C=O) groups is 4. The number of esters is 2. The fourth-order valence-corrected chi connectivity index (χ4v) is 13.8. The number of hydrogen-bond acceptors (Lipinski definition) is 16. The minimum atomic E-state index is -4.66. The van der Waals surface area contributed by atoms with Crippen LogP contribution in [-0.4, -0.2) is 130 Å². The van der Waals surface area contributed by atoms with E-state index in [4.69, 9.17) is 33.2 Å². The van der Waals surface area contributed by atoms with Crippen molar-refractivity contribution in [3.63, 3.8) is 0 Å². The van der Waals surface area contributed by atoms with Gasteiger partial charge in [0.15, 0.2) is 11.9 Å². The van der Waals surface area contributed by atoms with E-state index in [-0.39, 0.29) is 177 Å². The van der Waals surface area contributed by atoms with Crippen molar-refractivity contribution in [2.24, 2.45) is 41.4 Å². The van der Waals surface area contributed by atoms with E-state index >= 15 is 4.79 Å². The summed E-state index contributed by atoms with van der Waals surface area (Å²) in [6.45, 7) is 9.16. The molecule has 5 aliphatic heterocycles. The first kappa shape index (κ1) is 73.6. The van der Waals surface area contributed by atoms with Crippen molar-refractivity contribution < 1.29 is 209 Å². The molecule has 73 heavy (non-hydrogen) atoms. The smallest absolute Gasteiger partial charge is 0.481 e. The van der Waals surface area contributed by atoms with Gasteiger partial charge in [-0.05, 0) is 118 Å². The first-order chi connectivity index (χ1) is 32.0. The van der Waals surface area contributed by atoms with Crippen LogP contribution < -0.4 is 118 Å². The van der Waals surface area contributed by atoms with Gasteiger partial charge < -0.3 is 62.9 Å². The van der Waals surface area contributed by atoms with Gasteiger partial charge in [0.05, 0.1) is 53.6 Å².